The van der Waals surface area contributed by atoms with E-state index in [1.807, 2.05) is 28.5 Å². The van der Waals surface area contributed by atoms with Gasteiger partial charge in [-0.05, 0) is 37.3 Å². The SMILES string of the molecule is CC(=O)c1ccc(N2CCN(Cn3c(-c4ccccn4)csc3=O)CC2)c(F)c1. The molecule has 1 aliphatic heterocycles. The van der Waals surface area contributed by atoms with E-state index < -0.39 is 0 Å². The van der Waals surface area contributed by atoms with Crippen LogP contribution in [0.15, 0.2) is 52.8 Å². The number of piperazine rings is 1. The quantitative estimate of drug-likeness (QED) is 0.603. The summed E-state index contributed by atoms with van der Waals surface area (Å²) < 4.78 is 16.2. The fourth-order valence-electron chi connectivity index (χ4n) is 3.49. The van der Waals surface area contributed by atoms with E-state index >= 15 is 0 Å². The first kappa shape index (κ1) is 19.5. The van der Waals surface area contributed by atoms with Crippen molar-refractivity contribution in [3.8, 4) is 11.4 Å². The summed E-state index contributed by atoms with van der Waals surface area (Å²) in [5.74, 6) is -0.525. The molecular weight excluding hydrogens is 391 g/mol. The number of carbonyl (C=O) groups is 1. The molecular formula is C21H21FN4O2S. The number of nitrogens with zero attached hydrogens (tertiary/aromatic N) is 4. The Morgan fingerprint density at radius 1 is 1.17 bits per heavy atom. The summed E-state index contributed by atoms with van der Waals surface area (Å²) in [4.78, 5) is 32.3. The molecule has 0 unspecified atom stereocenters. The van der Waals surface area contributed by atoms with Crippen molar-refractivity contribution >= 4 is 22.8 Å². The van der Waals surface area contributed by atoms with Gasteiger partial charge >= 0.3 is 4.87 Å². The van der Waals surface area contributed by atoms with Crippen molar-refractivity contribution < 1.29 is 9.18 Å². The molecule has 3 heterocycles. The van der Waals surface area contributed by atoms with Gasteiger partial charge in [0.15, 0.2) is 5.78 Å². The monoisotopic (exact) mass is 412 g/mol. The molecule has 1 aliphatic rings. The molecule has 29 heavy (non-hydrogen) atoms. The van der Waals surface area contributed by atoms with Crippen molar-refractivity contribution in [1.82, 2.24) is 14.5 Å². The maximum Gasteiger partial charge on any atom is 0.308 e. The largest absolute Gasteiger partial charge is 0.367 e. The van der Waals surface area contributed by atoms with E-state index in [0.29, 0.717) is 44.1 Å². The van der Waals surface area contributed by atoms with Crippen molar-refractivity contribution in [2.24, 2.45) is 0 Å². The summed E-state index contributed by atoms with van der Waals surface area (Å²) in [6, 6.07) is 10.3. The van der Waals surface area contributed by atoms with E-state index in [1.165, 1.54) is 24.3 Å². The maximum atomic E-state index is 14.4. The number of carbonyl (C=O) groups excluding carboxylic acids is 1. The third-order valence-electron chi connectivity index (χ3n) is 5.12. The summed E-state index contributed by atoms with van der Waals surface area (Å²) in [5.41, 5.74) is 2.48. The number of hydrogen-bond donors (Lipinski definition) is 0. The highest BCUT2D eigenvalue weighted by Crippen LogP contribution is 2.23. The van der Waals surface area contributed by atoms with E-state index in [1.54, 1.807) is 22.9 Å². The van der Waals surface area contributed by atoms with Crippen LogP contribution in [0.2, 0.25) is 0 Å². The molecule has 0 spiro atoms. The first-order valence-electron chi connectivity index (χ1n) is 9.40. The van der Waals surface area contributed by atoms with Gasteiger partial charge < -0.3 is 4.90 Å². The molecule has 2 aromatic heterocycles. The smallest absolute Gasteiger partial charge is 0.308 e. The maximum absolute atomic E-state index is 14.4. The van der Waals surface area contributed by atoms with E-state index in [-0.39, 0.29) is 16.5 Å². The molecule has 3 aromatic rings. The summed E-state index contributed by atoms with van der Waals surface area (Å²) in [6.07, 6.45) is 1.71. The predicted octanol–water partition coefficient (Wildman–Crippen LogP) is 3.09. The van der Waals surface area contributed by atoms with Gasteiger partial charge in [-0.1, -0.05) is 17.4 Å². The highest BCUT2D eigenvalue weighted by atomic mass is 32.1. The lowest BCUT2D eigenvalue weighted by molar-refractivity contribution is 0.101. The second kappa shape index (κ2) is 8.26. The number of pyridine rings is 1. The molecule has 0 radical (unpaired) electrons. The van der Waals surface area contributed by atoms with Crippen LogP contribution in [0.5, 0.6) is 0 Å². The molecule has 0 bridgehead atoms. The zero-order chi connectivity index (χ0) is 20.4. The van der Waals surface area contributed by atoms with Gasteiger partial charge in [0, 0.05) is 43.3 Å². The molecule has 8 heteroatoms. The fourth-order valence-corrected chi connectivity index (χ4v) is 4.23. The van der Waals surface area contributed by atoms with Gasteiger partial charge in [-0.3, -0.25) is 24.0 Å². The molecule has 6 nitrogen and oxygen atoms in total. The third-order valence-corrected chi connectivity index (χ3v) is 5.88. The average Bonchev–Trinajstić information content (AvgIpc) is 3.09. The van der Waals surface area contributed by atoms with E-state index in [2.05, 4.69) is 9.88 Å². The van der Waals surface area contributed by atoms with Crippen molar-refractivity contribution in [1.29, 1.82) is 0 Å². The van der Waals surface area contributed by atoms with Crippen LogP contribution in [-0.2, 0) is 6.67 Å². The van der Waals surface area contributed by atoms with Crippen LogP contribution in [-0.4, -0.2) is 46.4 Å². The van der Waals surface area contributed by atoms with E-state index in [9.17, 15) is 14.0 Å². The number of ketones is 1. The van der Waals surface area contributed by atoms with Gasteiger partial charge in [-0.2, -0.15) is 0 Å². The van der Waals surface area contributed by atoms with Crippen LogP contribution in [0.4, 0.5) is 10.1 Å². The number of thiazole rings is 1. The number of aromatic nitrogens is 2. The van der Waals surface area contributed by atoms with E-state index in [0.717, 1.165) is 11.4 Å². The van der Waals surface area contributed by atoms with Crippen LogP contribution in [0.3, 0.4) is 0 Å². The van der Waals surface area contributed by atoms with Crippen LogP contribution >= 0.6 is 11.3 Å². The number of anilines is 1. The van der Waals surface area contributed by atoms with Crippen LogP contribution in [0.25, 0.3) is 11.4 Å². The topological polar surface area (TPSA) is 58.4 Å². The van der Waals surface area contributed by atoms with Crippen LogP contribution in [0, 0.1) is 5.82 Å². The van der Waals surface area contributed by atoms with Gasteiger partial charge in [0.1, 0.15) is 5.82 Å². The van der Waals surface area contributed by atoms with Crippen molar-refractivity contribution in [3.05, 3.63) is 69.0 Å². The van der Waals surface area contributed by atoms with Crippen molar-refractivity contribution in [3.63, 3.8) is 0 Å². The zero-order valence-corrected chi connectivity index (χ0v) is 16.9. The van der Waals surface area contributed by atoms with Gasteiger partial charge in [-0.15, -0.1) is 0 Å². The number of rotatable bonds is 5. The fraction of sp³-hybridized carbons (Fsp3) is 0.286. The van der Waals surface area contributed by atoms with Crippen LogP contribution < -0.4 is 9.77 Å². The van der Waals surface area contributed by atoms with Gasteiger partial charge in [-0.25, -0.2) is 4.39 Å². The standard InChI is InChI=1S/C21H21FN4O2S/c1-15(27)16-5-6-19(17(22)12-16)25-10-8-24(9-11-25)14-26-20(13-29-21(26)28)18-4-2-3-7-23-18/h2-7,12-13H,8-11,14H2,1H3. The Morgan fingerprint density at radius 2 is 1.97 bits per heavy atom. The van der Waals surface area contributed by atoms with Crippen LogP contribution in [0.1, 0.15) is 17.3 Å². The lowest BCUT2D eigenvalue weighted by Crippen LogP contribution is -2.47. The lowest BCUT2D eigenvalue weighted by Gasteiger charge is -2.36. The molecule has 1 fully saturated rings. The highest BCUT2D eigenvalue weighted by Gasteiger charge is 2.21. The van der Waals surface area contributed by atoms with Gasteiger partial charge in [0.2, 0.25) is 0 Å². The minimum atomic E-state index is -0.377. The zero-order valence-electron chi connectivity index (χ0n) is 16.0. The molecule has 0 aliphatic carbocycles. The molecule has 150 valence electrons. The summed E-state index contributed by atoms with van der Waals surface area (Å²) in [5, 5.41) is 1.84. The number of halogens is 1. The molecule has 1 saturated heterocycles. The Bertz CT molecular complexity index is 1070. The molecule has 4 rings (SSSR count). The second-order valence-corrected chi connectivity index (χ2v) is 7.82. The van der Waals surface area contributed by atoms with Gasteiger partial charge in [0.25, 0.3) is 0 Å². The Kier molecular flexibility index (Phi) is 5.55. The lowest BCUT2D eigenvalue weighted by atomic mass is 10.1. The predicted molar refractivity (Wildman–Crippen MR) is 112 cm³/mol. The minimum Gasteiger partial charge on any atom is -0.367 e. The Balaban J connectivity index is 1.45. The molecule has 0 atom stereocenters. The van der Waals surface area contributed by atoms with Gasteiger partial charge in [0.05, 0.1) is 23.7 Å². The summed E-state index contributed by atoms with van der Waals surface area (Å²) in [7, 11) is 0. The molecule has 0 N–H and O–H groups in total. The number of hydrogen-bond acceptors (Lipinski definition) is 6. The third kappa shape index (κ3) is 4.13. The first-order chi connectivity index (χ1) is 14.0. The molecule has 1 aromatic carbocycles. The van der Waals surface area contributed by atoms with Crippen molar-refractivity contribution in [2.45, 2.75) is 13.6 Å². The number of benzene rings is 1. The molecule has 0 saturated carbocycles. The van der Waals surface area contributed by atoms with Crippen molar-refractivity contribution in [2.75, 3.05) is 31.1 Å². The Hall–Kier alpha value is -2.84. The Labute approximate surface area is 171 Å². The first-order valence-corrected chi connectivity index (χ1v) is 10.3. The normalized spacial score (nSPS) is 14.9. The summed E-state index contributed by atoms with van der Waals surface area (Å²) >= 11 is 1.17. The second-order valence-electron chi connectivity index (χ2n) is 7.00. The molecule has 0 amide bonds. The average molecular weight is 412 g/mol. The minimum absolute atomic E-state index is 0.0149. The van der Waals surface area contributed by atoms with E-state index in [4.69, 9.17) is 0 Å². The Morgan fingerprint density at radius 3 is 2.62 bits per heavy atom. The number of Topliss-reactive ketones (excluding diaryl/α,β-unsaturated/α-hetero) is 1. The summed E-state index contributed by atoms with van der Waals surface area (Å²) in [6.45, 7) is 4.62. The highest BCUT2D eigenvalue weighted by molar-refractivity contribution is 7.07.